The highest BCUT2D eigenvalue weighted by atomic mass is 32.2. The number of piperidine rings is 1. The van der Waals surface area contributed by atoms with E-state index in [1.54, 1.807) is 0 Å². The molecule has 1 amide bonds. The molecule has 34 heavy (non-hydrogen) atoms. The van der Waals surface area contributed by atoms with E-state index in [1.807, 2.05) is 13.8 Å². The number of nitrogens with one attached hydrogen (secondary N) is 1. The Balaban J connectivity index is 1.96. The number of methoxy groups -OCH3 is 2. The normalized spacial score (nSPS) is 18.9. The van der Waals surface area contributed by atoms with E-state index in [9.17, 15) is 26.8 Å². The van der Waals surface area contributed by atoms with E-state index in [-0.39, 0.29) is 28.0 Å². The summed E-state index contributed by atoms with van der Waals surface area (Å²) in [5.74, 6) is -3.77. The summed E-state index contributed by atoms with van der Waals surface area (Å²) in [5.41, 5.74) is -1.13. The molecule has 0 bridgehead atoms. The molecule has 0 radical (unpaired) electrons. The molecular weight excluding hydrogens is 470 g/mol. The zero-order valence-electron chi connectivity index (χ0n) is 19.2. The number of anilines is 1. The van der Waals surface area contributed by atoms with Crippen LogP contribution in [0.3, 0.4) is 0 Å². The number of halogens is 2. The van der Waals surface area contributed by atoms with Gasteiger partial charge in [-0.3, -0.25) is 4.79 Å². The second-order valence-electron chi connectivity index (χ2n) is 8.39. The third kappa shape index (κ3) is 5.20. The molecule has 11 heteroatoms. The number of benzene rings is 2. The molecule has 184 valence electrons. The van der Waals surface area contributed by atoms with Crippen molar-refractivity contribution >= 4 is 27.6 Å². The van der Waals surface area contributed by atoms with Crippen LogP contribution >= 0.6 is 0 Å². The lowest BCUT2D eigenvalue weighted by molar-refractivity contribution is 0.0595. The Kier molecular flexibility index (Phi) is 7.57. The van der Waals surface area contributed by atoms with Gasteiger partial charge in [0.05, 0.1) is 25.5 Å². The standard InChI is InChI=1S/C23H26F2N2O6S/c1-13-7-14(2)12-27(11-13)34(30,31)21-8-15(5-6-20(21)32-3)22(28)26-19-9-16(23(29)33-4)17(24)10-18(19)25/h5-6,8-10,13-14H,7,11-12H2,1-4H3,(H,26,28)/t13-,14-/m1/s1. The molecule has 1 aliphatic rings. The van der Waals surface area contributed by atoms with Crippen molar-refractivity contribution in [2.45, 2.75) is 25.2 Å². The molecule has 0 saturated carbocycles. The van der Waals surface area contributed by atoms with Gasteiger partial charge in [-0.25, -0.2) is 22.0 Å². The van der Waals surface area contributed by atoms with Crippen molar-refractivity contribution in [1.29, 1.82) is 0 Å². The first kappa shape index (κ1) is 25.6. The van der Waals surface area contributed by atoms with Crippen LogP contribution in [0.4, 0.5) is 14.5 Å². The third-order valence-corrected chi connectivity index (χ3v) is 7.44. The number of sulfonamides is 1. The van der Waals surface area contributed by atoms with Crippen LogP contribution in [0.2, 0.25) is 0 Å². The van der Waals surface area contributed by atoms with Gasteiger partial charge in [-0.2, -0.15) is 4.31 Å². The Morgan fingerprint density at radius 1 is 1.03 bits per heavy atom. The molecule has 1 heterocycles. The Hall–Kier alpha value is -3.05. The maximum absolute atomic E-state index is 14.2. The van der Waals surface area contributed by atoms with Gasteiger partial charge in [-0.1, -0.05) is 13.8 Å². The molecule has 0 aromatic heterocycles. The van der Waals surface area contributed by atoms with Crippen LogP contribution in [0.25, 0.3) is 0 Å². The number of rotatable bonds is 6. The van der Waals surface area contributed by atoms with E-state index in [0.717, 1.165) is 25.7 Å². The lowest BCUT2D eigenvalue weighted by atomic mass is 9.94. The molecular formula is C23H26F2N2O6S. The van der Waals surface area contributed by atoms with Crippen molar-refractivity contribution in [3.8, 4) is 5.75 Å². The molecule has 3 rings (SSSR count). The molecule has 8 nitrogen and oxygen atoms in total. The topological polar surface area (TPSA) is 102 Å². The van der Waals surface area contributed by atoms with E-state index < -0.39 is 44.8 Å². The summed E-state index contributed by atoms with van der Waals surface area (Å²) in [5, 5.41) is 2.25. The van der Waals surface area contributed by atoms with Crippen LogP contribution in [0.15, 0.2) is 35.2 Å². The molecule has 0 unspecified atom stereocenters. The first-order chi connectivity index (χ1) is 16.0. The molecule has 0 spiro atoms. The number of hydrogen-bond donors (Lipinski definition) is 1. The Morgan fingerprint density at radius 3 is 2.26 bits per heavy atom. The quantitative estimate of drug-likeness (QED) is 0.613. The van der Waals surface area contributed by atoms with E-state index in [2.05, 4.69) is 10.1 Å². The fourth-order valence-corrected chi connectivity index (χ4v) is 5.93. The molecule has 1 N–H and O–H groups in total. The van der Waals surface area contributed by atoms with E-state index >= 15 is 0 Å². The van der Waals surface area contributed by atoms with Gasteiger partial charge in [-0.15, -0.1) is 0 Å². The van der Waals surface area contributed by atoms with Crippen molar-refractivity contribution in [2.75, 3.05) is 32.6 Å². The summed E-state index contributed by atoms with van der Waals surface area (Å²) in [6.45, 7) is 4.62. The maximum atomic E-state index is 14.2. The predicted molar refractivity (Wildman–Crippen MR) is 120 cm³/mol. The largest absolute Gasteiger partial charge is 0.495 e. The number of ether oxygens (including phenoxy) is 2. The summed E-state index contributed by atoms with van der Waals surface area (Å²) >= 11 is 0. The molecule has 1 fully saturated rings. The zero-order chi connectivity index (χ0) is 25.2. The molecule has 2 atom stereocenters. The highest BCUT2D eigenvalue weighted by molar-refractivity contribution is 7.89. The van der Waals surface area contributed by atoms with Gasteiger partial charge in [0.25, 0.3) is 5.91 Å². The van der Waals surface area contributed by atoms with Crippen LogP contribution in [0, 0.1) is 23.5 Å². The van der Waals surface area contributed by atoms with Gasteiger partial charge < -0.3 is 14.8 Å². The van der Waals surface area contributed by atoms with Crippen molar-refractivity contribution in [1.82, 2.24) is 4.31 Å². The van der Waals surface area contributed by atoms with Crippen LogP contribution in [0.1, 0.15) is 41.0 Å². The number of esters is 1. The van der Waals surface area contributed by atoms with Gasteiger partial charge in [0.1, 0.15) is 22.3 Å². The summed E-state index contributed by atoms with van der Waals surface area (Å²) in [6.07, 6.45) is 0.905. The van der Waals surface area contributed by atoms with Crippen molar-refractivity contribution in [2.24, 2.45) is 11.8 Å². The van der Waals surface area contributed by atoms with Crippen LogP contribution in [-0.2, 0) is 14.8 Å². The molecule has 2 aromatic rings. The summed E-state index contributed by atoms with van der Waals surface area (Å²) < 4.78 is 66.0. The fraction of sp³-hybridized carbons (Fsp3) is 0.391. The maximum Gasteiger partial charge on any atom is 0.340 e. The van der Waals surface area contributed by atoms with Gasteiger partial charge >= 0.3 is 5.97 Å². The number of carbonyl (C=O) groups excluding carboxylic acids is 2. The smallest absolute Gasteiger partial charge is 0.340 e. The Bertz CT molecular complexity index is 1210. The van der Waals surface area contributed by atoms with E-state index in [0.29, 0.717) is 19.2 Å². The van der Waals surface area contributed by atoms with E-state index in [1.165, 1.54) is 23.5 Å². The molecule has 2 aromatic carbocycles. The lowest BCUT2D eigenvalue weighted by Crippen LogP contribution is -2.42. The number of carbonyl (C=O) groups is 2. The predicted octanol–water partition coefficient (Wildman–Crippen LogP) is 3.68. The lowest BCUT2D eigenvalue weighted by Gasteiger charge is -2.34. The highest BCUT2D eigenvalue weighted by Gasteiger charge is 2.34. The summed E-state index contributed by atoms with van der Waals surface area (Å²) in [6, 6.07) is 5.06. The second kappa shape index (κ2) is 10.1. The van der Waals surface area contributed by atoms with Crippen LogP contribution in [0.5, 0.6) is 5.75 Å². The fourth-order valence-electron chi connectivity index (χ4n) is 4.07. The van der Waals surface area contributed by atoms with Crippen LogP contribution < -0.4 is 10.1 Å². The molecule has 1 aliphatic heterocycles. The molecule has 1 saturated heterocycles. The minimum Gasteiger partial charge on any atom is -0.495 e. The summed E-state index contributed by atoms with van der Waals surface area (Å²) in [4.78, 5) is 24.3. The van der Waals surface area contributed by atoms with Crippen molar-refractivity contribution < 1.29 is 36.3 Å². The van der Waals surface area contributed by atoms with Gasteiger partial charge in [0.15, 0.2) is 0 Å². The average molecular weight is 497 g/mol. The number of nitrogens with zero attached hydrogens (tertiary/aromatic N) is 1. The average Bonchev–Trinajstić information content (AvgIpc) is 2.79. The number of amides is 1. The zero-order valence-corrected chi connectivity index (χ0v) is 20.0. The highest BCUT2D eigenvalue weighted by Crippen LogP contribution is 2.32. The van der Waals surface area contributed by atoms with Crippen molar-refractivity contribution in [3.63, 3.8) is 0 Å². The monoisotopic (exact) mass is 496 g/mol. The number of hydrogen-bond acceptors (Lipinski definition) is 6. The van der Waals surface area contributed by atoms with E-state index in [4.69, 9.17) is 4.74 Å². The van der Waals surface area contributed by atoms with Crippen molar-refractivity contribution in [3.05, 3.63) is 53.1 Å². The minimum absolute atomic E-state index is 0.0587. The second-order valence-corrected chi connectivity index (χ2v) is 10.3. The first-order valence-corrected chi connectivity index (χ1v) is 12.0. The Labute approximate surface area is 196 Å². The molecule has 0 aliphatic carbocycles. The van der Waals surface area contributed by atoms with Crippen LogP contribution in [-0.4, -0.2) is 51.9 Å². The first-order valence-electron chi connectivity index (χ1n) is 10.5. The summed E-state index contributed by atoms with van der Waals surface area (Å²) in [7, 11) is -1.64. The SMILES string of the molecule is COC(=O)c1cc(NC(=O)c2ccc(OC)c(S(=O)(=O)N3C[C@H](C)C[C@@H](C)C3)c2)c(F)cc1F. The Morgan fingerprint density at radius 2 is 1.68 bits per heavy atom. The minimum atomic E-state index is -3.99. The van der Waals surface area contributed by atoms with Gasteiger partial charge in [-0.05, 0) is 42.5 Å². The third-order valence-electron chi connectivity index (χ3n) is 5.59. The van der Waals surface area contributed by atoms with Gasteiger partial charge in [0, 0.05) is 24.7 Å². The van der Waals surface area contributed by atoms with Gasteiger partial charge in [0.2, 0.25) is 10.0 Å².